The first-order valence-electron chi connectivity index (χ1n) is 6.79. The van der Waals surface area contributed by atoms with Crippen molar-refractivity contribution in [3.8, 4) is 0 Å². The largest absolute Gasteiger partial charge is 0.308 e. The predicted octanol–water partition coefficient (Wildman–Crippen LogP) is 2.38. The van der Waals surface area contributed by atoms with E-state index in [4.69, 9.17) is 4.98 Å². The van der Waals surface area contributed by atoms with Gasteiger partial charge < -0.3 is 5.32 Å². The topological polar surface area (TPSA) is 28.2 Å². The summed E-state index contributed by atoms with van der Waals surface area (Å²) in [6, 6.07) is 0.782. The maximum atomic E-state index is 4.72. The molecule has 0 amide bonds. The van der Waals surface area contributed by atoms with Crippen molar-refractivity contribution in [2.75, 3.05) is 13.1 Å². The Hall–Kier alpha value is -0.450. The third kappa shape index (κ3) is 3.50. The quantitative estimate of drug-likeness (QED) is 0.871. The molecule has 1 aliphatic carbocycles. The summed E-state index contributed by atoms with van der Waals surface area (Å²) < 4.78 is 0. The van der Waals surface area contributed by atoms with Crippen LogP contribution in [0.25, 0.3) is 0 Å². The average molecular weight is 251 g/mol. The number of piperidine rings is 1. The van der Waals surface area contributed by atoms with Crippen LogP contribution < -0.4 is 5.32 Å². The van der Waals surface area contributed by atoms with E-state index in [1.54, 1.807) is 0 Å². The van der Waals surface area contributed by atoms with E-state index in [0.717, 1.165) is 19.1 Å². The van der Waals surface area contributed by atoms with E-state index in [1.807, 2.05) is 11.3 Å². The van der Waals surface area contributed by atoms with E-state index in [2.05, 4.69) is 15.6 Å². The first-order chi connectivity index (χ1) is 8.40. The van der Waals surface area contributed by atoms with Gasteiger partial charge in [-0.15, -0.1) is 11.3 Å². The Morgan fingerprint density at radius 1 is 1.29 bits per heavy atom. The number of hydrogen-bond acceptors (Lipinski definition) is 4. The van der Waals surface area contributed by atoms with Crippen LogP contribution in [0.1, 0.15) is 42.8 Å². The van der Waals surface area contributed by atoms with Gasteiger partial charge in [-0.2, -0.15) is 0 Å². The third-order valence-corrected chi connectivity index (χ3v) is 4.45. The molecule has 0 unspecified atom stereocenters. The van der Waals surface area contributed by atoms with E-state index in [-0.39, 0.29) is 0 Å². The average Bonchev–Trinajstić information content (AvgIpc) is 3.09. The van der Waals surface area contributed by atoms with Gasteiger partial charge in [0.15, 0.2) is 0 Å². The van der Waals surface area contributed by atoms with Crippen LogP contribution in [0.5, 0.6) is 0 Å². The molecular formula is C13H21N3S. The van der Waals surface area contributed by atoms with Gasteiger partial charge in [-0.3, -0.25) is 4.90 Å². The molecule has 2 aliphatic rings. The number of nitrogens with zero attached hydrogens (tertiary/aromatic N) is 2. The molecule has 1 aromatic rings. The minimum atomic E-state index is 0.782. The van der Waals surface area contributed by atoms with Crippen molar-refractivity contribution in [3.05, 3.63) is 16.1 Å². The smallest absolute Gasteiger partial charge is 0.107 e. The molecule has 1 saturated heterocycles. The molecule has 0 radical (unpaired) electrons. The molecule has 94 valence electrons. The summed E-state index contributed by atoms with van der Waals surface area (Å²) in [5.41, 5.74) is 1.27. The normalized spacial score (nSPS) is 21.9. The van der Waals surface area contributed by atoms with Gasteiger partial charge in [0.05, 0.1) is 5.69 Å². The molecule has 1 N–H and O–H groups in total. The van der Waals surface area contributed by atoms with Crippen molar-refractivity contribution < 1.29 is 0 Å². The van der Waals surface area contributed by atoms with Gasteiger partial charge in [-0.1, -0.05) is 6.42 Å². The number of likely N-dealkylation sites (tertiary alicyclic amines) is 1. The number of nitrogens with one attached hydrogen (secondary N) is 1. The lowest BCUT2D eigenvalue weighted by atomic mass is 10.1. The van der Waals surface area contributed by atoms with Crippen molar-refractivity contribution >= 4 is 11.3 Å². The highest BCUT2D eigenvalue weighted by Gasteiger charge is 2.20. The predicted molar refractivity (Wildman–Crippen MR) is 71.1 cm³/mol. The van der Waals surface area contributed by atoms with E-state index in [1.165, 1.54) is 55.9 Å². The van der Waals surface area contributed by atoms with Gasteiger partial charge in [0, 0.05) is 24.5 Å². The first-order valence-corrected chi connectivity index (χ1v) is 7.67. The molecule has 3 nitrogen and oxygen atoms in total. The molecule has 0 spiro atoms. The molecule has 1 aromatic heterocycles. The van der Waals surface area contributed by atoms with Crippen LogP contribution in [0, 0.1) is 0 Å². The molecule has 1 aliphatic heterocycles. The second-order valence-corrected chi connectivity index (χ2v) is 6.17. The molecular weight excluding hydrogens is 230 g/mol. The lowest BCUT2D eigenvalue weighted by Crippen LogP contribution is -2.29. The molecule has 0 atom stereocenters. The fourth-order valence-electron chi connectivity index (χ4n) is 2.37. The Labute approximate surface area is 107 Å². The van der Waals surface area contributed by atoms with Gasteiger partial charge >= 0.3 is 0 Å². The van der Waals surface area contributed by atoms with Gasteiger partial charge in [0.25, 0.3) is 0 Å². The second-order valence-electron chi connectivity index (χ2n) is 5.22. The van der Waals surface area contributed by atoms with Crippen molar-refractivity contribution in [3.63, 3.8) is 0 Å². The molecule has 3 rings (SSSR count). The van der Waals surface area contributed by atoms with Crippen LogP contribution in [0.15, 0.2) is 5.38 Å². The van der Waals surface area contributed by atoms with Crippen LogP contribution in [-0.2, 0) is 13.1 Å². The second kappa shape index (κ2) is 5.46. The number of hydrogen-bond donors (Lipinski definition) is 1. The Morgan fingerprint density at radius 2 is 2.12 bits per heavy atom. The summed E-state index contributed by atoms with van der Waals surface area (Å²) >= 11 is 1.81. The fourth-order valence-corrected chi connectivity index (χ4v) is 3.10. The number of aromatic nitrogens is 1. The highest BCUT2D eigenvalue weighted by Crippen LogP contribution is 2.20. The zero-order valence-corrected chi connectivity index (χ0v) is 11.1. The molecule has 1 saturated carbocycles. The van der Waals surface area contributed by atoms with E-state index in [9.17, 15) is 0 Å². The maximum Gasteiger partial charge on any atom is 0.107 e. The molecule has 0 aromatic carbocycles. The minimum absolute atomic E-state index is 0.782. The fraction of sp³-hybridized carbons (Fsp3) is 0.769. The maximum absolute atomic E-state index is 4.72. The number of thiazole rings is 1. The van der Waals surface area contributed by atoms with Gasteiger partial charge in [0.2, 0.25) is 0 Å². The van der Waals surface area contributed by atoms with Crippen LogP contribution in [0.4, 0.5) is 0 Å². The Balaban J connectivity index is 1.48. The van der Waals surface area contributed by atoms with Crippen molar-refractivity contribution in [1.29, 1.82) is 0 Å². The molecule has 17 heavy (non-hydrogen) atoms. The van der Waals surface area contributed by atoms with E-state index >= 15 is 0 Å². The monoisotopic (exact) mass is 251 g/mol. The summed E-state index contributed by atoms with van der Waals surface area (Å²) in [7, 11) is 0. The van der Waals surface area contributed by atoms with Crippen LogP contribution >= 0.6 is 11.3 Å². The lowest BCUT2D eigenvalue weighted by Gasteiger charge is -2.25. The Kier molecular flexibility index (Phi) is 3.74. The molecule has 4 heteroatoms. The Bertz CT molecular complexity index is 353. The highest BCUT2D eigenvalue weighted by atomic mass is 32.1. The zero-order chi connectivity index (χ0) is 11.5. The molecule has 0 bridgehead atoms. The van der Waals surface area contributed by atoms with Gasteiger partial charge in [-0.25, -0.2) is 4.98 Å². The first kappa shape index (κ1) is 11.6. The summed E-state index contributed by atoms with van der Waals surface area (Å²) in [5.74, 6) is 0. The molecule has 2 heterocycles. The van der Waals surface area contributed by atoms with E-state index < -0.39 is 0 Å². The number of rotatable bonds is 5. The van der Waals surface area contributed by atoms with Crippen molar-refractivity contribution in [1.82, 2.24) is 15.2 Å². The standard InChI is InChI=1S/C13H21N3S/c1-2-6-16(7-3-1)9-12-10-17-13(15-12)8-14-11-4-5-11/h10-11,14H,1-9H2. The molecule has 2 fully saturated rings. The van der Waals surface area contributed by atoms with Gasteiger partial charge in [0.1, 0.15) is 5.01 Å². The van der Waals surface area contributed by atoms with E-state index in [0.29, 0.717) is 0 Å². The lowest BCUT2D eigenvalue weighted by molar-refractivity contribution is 0.219. The summed E-state index contributed by atoms with van der Waals surface area (Å²) in [5, 5.41) is 7.01. The van der Waals surface area contributed by atoms with Crippen molar-refractivity contribution in [2.24, 2.45) is 0 Å². The SMILES string of the molecule is c1sc(CNC2CC2)nc1CN1CCCCC1. The van der Waals surface area contributed by atoms with Crippen LogP contribution in [0.2, 0.25) is 0 Å². The summed E-state index contributed by atoms with van der Waals surface area (Å²) in [6.45, 7) is 4.54. The Morgan fingerprint density at radius 3 is 2.88 bits per heavy atom. The zero-order valence-electron chi connectivity index (χ0n) is 10.3. The third-order valence-electron chi connectivity index (χ3n) is 3.55. The van der Waals surface area contributed by atoms with Crippen LogP contribution in [-0.4, -0.2) is 29.0 Å². The summed E-state index contributed by atoms with van der Waals surface area (Å²) in [6.07, 6.45) is 6.84. The summed E-state index contributed by atoms with van der Waals surface area (Å²) in [4.78, 5) is 7.26. The minimum Gasteiger partial charge on any atom is -0.308 e. The van der Waals surface area contributed by atoms with Gasteiger partial charge in [-0.05, 0) is 38.8 Å². The highest BCUT2D eigenvalue weighted by molar-refractivity contribution is 7.09. The van der Waals surface area contributed by atoms with Crippen molar-refractivity contribution in [2.45, 2.75) is 51.2 Å². The van der Waals surface area contributed by atoms with Crippen LogP contribution in [0.3, 0.4) is 0 Å².